The molecule has 1 amide bonds. The number of amides is 1. The highest BCUT2D eigenvalue weighted by atomic mass is 35.5. The van der Waals surface area contributed by atoms with E-state index < -0.39 is 44.3 Å². The third-order valence-electron chi connectivity index (χ3n) is 4.88. The first-order valence-corrected chi connectivity index (χ1v) is 13.0. The topological polar surface area (TPSA) is 114 Å². The fraction of sp³-hybridized carbons (Fsp3) is 0.261. The van der Waals surface area contributed by atoms with Gasteiger partial charge in [-0.3, -0.25) is 4.79 Å². The Balaban J connectivity index is 2.11. The quantitative estimate of drug-likeness (QED) is 0.308. The number of hydrogen-bond donors (Lipinski definition) is 2. The number of alkyl halides is 3. The zero-order valence-corrected chi connectivity index (χ0v) is 22.5. The Hall–Kier alpha value is -3.13. The molecule has 0 unspecified atom stereocenters. The van der Waals surface area contributed by atoms with Crippen molar-refractivity contribution in [2.75, 3.05) is 28.8 Å². The number of hydrogen-bond acceptors (Lipinski definition) is 7. The van der Waals surface area contributed by atoms with E-state index in [1.165, 1.54) is 13.3 Å². The maximum absolute atomic E-state index is 13.5. The van der Waals surface area contributed by atoms with Gasteiger partial charge in [0.05, 0.1) is 31.9 Å². The molecule has 9 nitrogen and oxygen atoms in total. The number of ether oxygens (including phenoxy) is 1. The van der Waals surface area contributed by atoms with Gasteiger partial charge in [-0.25, -0.2) is 22.7 Å². The predicted molar refractivity (Wildman–Crippen MR) is 138 cm³/mol. The highest BCUT2D eigenvalue weighted by molar-refractivity contribution is 7.92. The van der Waals surface area contributed by atoms with Crippen LogP contribution in [0.4, 0.5) is 30.4 Å². The molecule has 0 aliphatic heterocycles. The van der Waals surface area contributed by atoms with Crippen LogP contribution in [0.5, 0.6) is 0 Å². The molecule has 0 aliphatic rings. The van der Waals surface area contributed by atoms with E-state index in [0.717, 1.165) is 24.4 Å². The van der Waals surface area contributed by atoms with Crippen LogP contribution in [-0.2, 0) is 20.9 Å². The average molecular weight is 592 g/mol. The molecule has 0 aliphatic carbocycles. The second kappa shape index (κ2) is 11.7. The van der Waals surface area contributed by atoms with Gasteiger partial charge in [0.15, 0.2) is 5.69 Å². The van der Waals surface area contributed by atoms with Crippen LogP contribution in [0.25, 0.3) is 0 Å². The van der Waals surface area contributed by atoms with Crippen molar-refractivity contribution in [3.63, 3.8) is 0 Å². The third-order valence-corrected chi connectivity index (χ3v) is 7.15. The number of benzene rings is 1. The van der Waals surface area contributed by atoms with E-state index in [0.29, 0.717) is 16.2 Å². The van der Waals surface area contributed by atoms with Gasteiger partial charge in [0, 0.05) is 25.5 Å². The highest BCUT2D eigenvalue weighted by Gasteiger charge is 2.36. The molecule has 2 aromatic heterocycles. The minimum Gasteiger partial charge on any atom is -0.366 e. The van der Waals surface area contributed by atoms with E-state index in [4.69, 9.17) is 27.9 Å². The van der Waals surface area contributed by atoms with Crippen LogP contribution in [0.3, 0.4) is 0 Å². The molecule has 1 aromatic carbocycles. The first-order chi connectivity index (χ1) is 17.8. The molecule has 0 saturated carbocycles. The summed E-state index contributed by atoms with van der Waals surface area (Å²) in [5, 5.41) is 4.97. The molecule has 0 atom stereocenters. The first-order valence-electron chi connectivity index (χ1n) is 10.8. The summed E-state index contributed by atoms with van der Waals surface area (Å²) >= 11 is 11.7. The van der Waals surface area contributed by atoms with Crippen LogP contribution in [0.2, 0.25) is 10.0 Å². The van der Waals surface area contributed by atoms with Gasteiger partial charge < -0.3 is 15.4 Å². The summed E-state index contributed by atoms with van der Waals surface area (Å²) in [5.74, 6) is -0.478. The maximum Gasteiger partial charge on any atom is 0.417 e. The average Bonchev–Trinajstić information content (AvgIpc) is 2.82. The van der Waals surface area contributed by atoms with Gasteiger partial charge in [-0.05, 0) is 50.2 Å². The molecular formula is C23H22Cl2F3N5O4S. The largest absolute Gasteiger partial charge is 0.417 e. The smallest absolute Gasteiger partial charge is 0.366 e. The van der Waals surface area contributed by atoms with E-state index >= 15 is 0 Å². The van der Waals surface area contributed by atoms with Gasteiger partial charge in [-0.2, -0.15) is 13.2 Å². The Morgan fingerprint density at radius 3 is 2.50 bits per heavy atom. The second-order valence-electron chi connectivity index (χ2n) is 8.08. The fourth-order valence-electron chi connectivity index (χ4n) is 3.26. The molecule has 3 aromatic rings. The monoisotopic (exact) mass is 591 g/mol. The Morgan fingerprint density at radius 1 is 1.16 bits per heavy atom. The zero-order chi connectivity index (χ0) is 28.3. The molecule has 15 heteroatoms. The molecule has 3 rings (SSSR count). The second-order valence-corrected chi connectivity index (χ2v) is 10.8. The molecule has 2 N–H and O–H groups in total. The number of sulfonamides is 1. The van der Waals surface area contributed by atoms with Gasteiger partial charge in [-0.1, -0.05) is 23.2 Å². The Bertz CT molecular complexity index is 1440. The number of carbonyl (C=O) groups excluding carboxylic acids is 1. The molecule has 0 bridgehead atoms. The normalized spacial score (nSPS) is 11.9. The van der Waals surface area contributed by atoms with Crippen LogP contribution in [0, 0.1) is 0 Å². The molecule has 0 saturated heterocycles. The molecular weight excluding hydrogens is 570 g/mol. The SMILES string of the molecule is COCN(c1cc(Cl)cnc1C(=O)Nc1cccnc1NC(C)C)S(=O)(=O)c1ccc(Cl)c(C(F)(F)F)c1. The highest BCUT2D eigenvalue weighted by Crippen LogP contribution is 2.37. The van der Waals surface area contributed by atoms with Crippen molar-refractivity contribution in [3.05, 3.63) is 70.1 Å². The number of methoxy groups -OCH3 is 1. The minimum atomic E-state index is -4.91. The molecule has 0 radical (unpaired) electrons. The Labute approximate surface area is 227 Å². The van der Waals surface area contributed by atoms with E-state index in [2.05, 4.69) is 20.6 Å². The van der Waals surface area contributed by atoms with Gasteiger partial charge in [-0.15, -0.1) is 0 Å². The number of nitrogens with one attached hydrogen (secondary N) is 2. The number of anilines is 3. The van der Waals surface area contributed by atoms with E-state index in [-0.39, 0.29) is 28.1 Å². The molecule has 2 heterocycles. The summed E-state index contributed by atoms with van der Waals surface area (Å²) in [5.41, 5.74) is -1.79. The maximum atomic E-state index is 13.5. The van der Waals surface area contributed by atoms with Crippen LogP contribution in [-0.4, -0.2) is 44.2 Å². The third kappa shape index (κ3) is 6.65. The number of rotatable bonds is 9. The van der Waals surface area contributed by atoms with Crippen molar-refractivity contribution in [2.24, 2.45) is 0 Å². The molecule has 38 heavy (non-hydrogen) atoms. The Morgan fingerprint density at radius 2 is 1.87 bits per heavy atom. The van der Waals surface area contributed by atoms with Crippen molar-refractivity contribution in [3.8, 4) is 0 Å². The van der Waals surface area contributed by atoms with E-state index in [9.17, 15) is 26.4 Å². The van der Waals surface area contributed by atoms with Crippen molar-refractivity contribution >= 4 is 56.3 Å². The van der Waals surface area contributed by atoms with Crippen molar-refractivity contribution in [1.29, 1.82) is 0 Å². The van der Waals surface area contributed by atoms with E-state index in [1.54, 1.807) is 12.1 Å². The first kappa shape index (κ1) is 29.4. The van der Waals surface area contributed by atoms with Crippen LogP contribution in [0.15, 0.2) is 53.7 Å². The zero-order valence-electron chi connectivity index (χ0n) is 20.2. The van der Waals surface area contributed by atoms with Gasteiger partial charge in [0.1, 0.15) is 12.5 Å². The van der Waals surface area contributed by atoms with Crippen LogP contribution < -0.4 is 14.9 Å². The summed E-state index contributed by atoms with van der Waals surface area (Å²) in [6.07, 6.45) is -2.28. The number of pyridine rings is 2. The summed E-state index contributed by atoms with van der Waals surface area (Å²) in [7, 11) is -3.57. The fourth-order valence-corrected chi connectivity index (χ4v) is 5.05. The molecule has 204 valence electrons. The standard InChI is InChI=1S/C23H22Cl2F3N5O4S/c1-13(2)31-21-18(5-4-8-29-21)32-22(34)20-19(9-14(24)11-30-20)33(12-37-3)38(35,36)15-6-7-17(25)16(10-15)23(26,27)28/h4-11,13H,12H2,1-3H3,(H,29,31)(H,32,34). The van der Waals surface area contributed by atoms with Crippen molar-refractivity contribution < 1.29 is 31.1 Å². The lowest BCUT2D eigenvalue weighted by Crippen LogP contribution is -2.35. The molecule has 0 fully saturated rings. The lowest BCUT2D eigenvalue weighted by atomic mass is 10.2. The summed E-state index contributed by atoms with van der Waals surface area (Å²) in [6, 6.07) is 6.39. The van der Waals surface area contributed by atoms with Gasteiger partial charge in [0.2, 0.25) is 0 Å². The number of carbonyl (C=O) groups is 1. The minimum absolute atomic E-state index is 0.0203. The van der Waals surface area contributed by atoms with Gasteiger partial charge in [0.25, 0.3) is 15.9 Å². The number of aromatic nitrogens is 2. The Kier molecular flexibility index (Phi) is 9.08. The number of halogens is 5. The lowest BCUT2D eigenvalue weighted by molar-refractivity contribution is -0.137. The van der Waals surface area contributed by atoms with Crippen molar-refractivity contribution in [1.82, 2.24) is 9.97 Å². The summed E-state index contributed by atoms with van der Waals surface area (Å²) < 4.78 is 73.0. The van der Waals surface area contributed by atoms with Crippen LogP contribution in [0.1, 0.15) is 29.9 Å². The lowest BCUT2D eigenvalue weighted by Gasteiger charge is -2.25. The van der Waals surface area contributed by atoms with E-state index in [1.807, 2.05) is 13.8 Å². The number of nitrogens with zero attached hydrogens (tertiary/aromatic N) is 3. The summed E-state index contributed by atoms with van der Waals surface area (Å²) in [6.45, 7) is 3.06. The van der Waals surface area contributed by atoms with Crippen LogP contribution >= 0.6 is 23.2 Å². The van der Waals surface area contributed by atoms with Gasteiger partial charge >= 0.3 is 6.18 Å². The predicted octanol–water partition coefficient (Wildman–Crippen LogP) is 5.67. The summed E-state index contributed by atoms with van der Waals surface area (Å²) in [4.78, 5) is 20.7. The van der Waals surface area contributed by atoms with Crippen molar-refractivity contribution in [2.45, 2.75) is 31.0 Å². The molecule has 0 spiro atoms.